The van der Waals surface area contributed by atoms with E-state index in [9.17, 15) is 33.6 Å². The van der Waals surface area contributed by atoms with Crippen molar-refractivity contribution in [2.24, 2.45) is 23.5 Å². The van der Waals surface area contributed by atoms with Crippen molar-refractivity contribution in [2.45, 2.75) is 215 Å². The number of rotatable bonds is 31. The van der Waals surface area contributed by atoms with E-state index in [0.717, 1.165) is 31.2 Å². The van der Waals surface area contributed by atoms with Gasteiger partial charge in [-0.3, -0.25) is 28.8 Å². The molecule has 0 saturated carbocycles. The van der Waals surface area contributed by atoms with Gasteiger partial charge < -0.3 is 41.2 Å². The fourth-order valence-corrected chi connectivity index (χ4v) is 6.84. The zero-order chi connectivity index (χ0) is 48.4. The standard InChI is InChI=1S/C49H83N5O10/c1-12-14-15-16-17-18-19-20-24-27-37(29-40(55)62-31-36-25-22-21-23-26-36)63-48(61)43(34(7)13-2)54-46(59)38(28-32(3)4)51-45(58)39(30-41(56)64-49(9,10)11)52-47(60)42(33(5)6)53-44(57)35(8)50/h21-23,25-26,32-35,37-39,42-43H,12-20,24,27-31,50H2,1-11H3,(H,51,58)(H,52,60)(H,53,57)(H,54,59)/t34-,35+,37?,38+,39-,42-,43-/m0/s1. The van der Waals surface area contributed by atoms with Gasteiger partial charge in [-0.15, -0.1) is 0 Å². The summed E-state index contributed by atoms with van der Waals surface area (Å²) in [6.45, 7) is 19.5. The summed E-state index contributed by atoms with van der Waals surface area (Å²) in [7, 11) is 0. The number of benzene rings is 1. The number of nitrogens with two attached hydrogens (primary N) is 1. The Balaban J connectivity index is 3.32. The van der Waals surface area contributed by atoms with Crippen molar-refractivity contribution in [3.63, 3.8) is 0 Å². The monoisotopic (exact) mass is 902 g/mol. The maximum atomic E-state index is 14.2. The minimum absolute atomic E-state index is 0.0810. The van der Waals surface area contributed by atoms with Crippen molar-refractivity contribution >= 4 is 41.5 Å². The molecule has 0 radical (unpaired) electrons. The Morgan fingerprint density at radius 2 is 1.19 bits per heavy atom. The van der Waals surface area contributed by atoms with E-state index in [4.69, 9.17) is 19.9 Å². The fraction of sp³-hybridized carbons (Fsp3) is 0.735. The molecule has 15 heteroatoms. The second-order valence-corrected chi connectivity index (χ2v) is 19.0. The maximum Gasteiger partial charge on any atom is 0.329 e. The first kappa shape index (κ1) is 57.5. The molecule has 364 valence electrons. The van der Waals surface area contributed by atoms with Crippen LogP contribution in [0.25, 0.3) is 0 Å². The van der Waals surface area contributed by atoms with Crippen LogP contribution < -0.4 is 27.0 Å². The predicted molar refractivity (Wildman–Crippen MR) is 248 cm³/mol. The molecule has 4 amide bonds. The number of esters is 3. The minimum Gasteiger partial charge on any atom is -0.461 e. The summed E-state index contributed by atoms with van der Waals surface area (Å²) in [5.41, 5.74) is 5.66. The molecule has 6 N–H and O–H groups in total. The van der Waals surface area contributed by atoms with Crippen LogP contribution in [-0.2, 0) is 54.4 Å². The second kappa shape index (κ2) is 30.6. The molecule has 0 aliphatic rings. The van der Waals surface area contributed by atoms with Crippen LogP contribution in [0.5, 0.6) is 0 Å². The molecule has 1 unspecified atom stereocenters. The molecule has 15 nitrogen and oxygen atoms in total. The lowest BCUT2D eigenvalue weighted by Gasteiger charge is -2.30. The predicted octanol–water partition coefficient (Wildman–Crippen LogP) is 6.72. The third-order valence-corrected chi connectivity index (χ3v) is 10.7. The fourth-order valence-electron chi connectivity index (χ4n) is 6.84. The van der Waals surface area contributed by atoms with Crippen LogP contribution in [-0.4, -0.2) is 83.5 Å². The lowest BCUT2D eigenvalue weighted by molar-refractivity contribution is -0.160. The number of nitrogens with one attached hydrogen (secondary N) is 4. The van der Waals surface area contributed by atoms with Crippen LogP contribution in [0.15, 0.2) is 30.3 Å². The van der Waals surface area contributed by atoms with Gasteiger partial charge in [0.15, 0.2) is 0 Å². The van der Waals surface area contributed by atoms with Gasteiger partial charge in [-0.05, 0) is 70.3 Å². The van der Waals surface area contributed by atoms with Crippen LogP contribution in [0, 0.1) is 17.8 Å². The lowest BCUT2D eigenvalue weighted by Crippen LogP contribution is -2.60. The first-order valence-electron chi connectivity index (χ1n) is 23.7. The van der Waals surface area contributed by atoms with E-state index in [2.05, 4.69) is 28.2 Å². The Morgan fingerprint density at radius 1 is 0.641 bits per heavy atom. The summed E-state index contributed by atoms with van der Waals surface area (Å²) < 4.78 is 17.1. The van der Waals surface area contributed by atoms with Gasteiger partial charge in [0, 0.05) is 0 Å². The molecule has 0 aliphatic carbocycles. The molecular weight excluding hydrogens is 819 g/mol. The largest absolute Gasteiger partial charge is 0.461 e. The molecule has 1 aromatic rings. The summed E-state index contributed by atoms with van der Waals surface area (Å²) in [5.74, 6) is -5.78. The average Bonchev–Trinajstić information content (AvgIpc) is 3.21. The highest BCUT2D eigenvalue weighted by atomic mass is 16.6. The number of carbonyl (C=O) groups excluding carboxylic acids is 7. The molecule has 0 bridgehead atoms. The molecule has 0 saturated heterocycles. The first-order chi connectivity index (χ1) is 30.1. The molecule has 0 aliphatic heterocycles. The molecule has 0 heterocycles. The minimum atomic E-state index is -1.50. The second-order valence-electron chi connectivity index (χ2n) is 19.0. The van der Waals surface area contributed by atoms with Crippen molar-refractivity contribution in [1.29, 1.82) is 0 Å². The summed E-state index contributed by atoms with van der Waals surface area (Å²) >= 11 is 0. The molecular formula is C49H83N5O10. The molecule has 1 rings (SSSR count). The number of amides is 4. The lowest BCUT2D eigenvalue weighted by atomic mass is 9.97. The van der Waals surface area contributed by atoms with E-state index in [-0.39, 0.29) is 25.4 Å². The van der Waals surface area contributed by atoms with Gasteiger partial charge in [-0.2, -0.15) is 0 Å². The Morgan fingerprint density at radius 3 is 1.72 bits per heavy atom. The van der Waals surface area contributed by atoms with E-state index < -0.39 is 102 Å². The van der Waals surface area contributed by atoms with E-state index in [1.165, 1.54) is 39.0 Å². The van der Waals surface area contributed by atoms with Crippen molar-refractivity contribution in [2.75, 3.05) is 0 Å². The molecule has 7 atom stereocenters. The smallest absolute Gasteiger partial charge is 0.329 e. The highest BCUT2D eigenvalue weighted by Gasteiger charge is 2.36. The molecule has 0 fully saturated rings. The highest BCUT2D eigenvalue weighted by Crippen LogP contribution is 2.19. The molecule has 0 aromatic heterocycles. The van der Waals surface area contributed by atoms with E-state index in [1.54, 1.807) is 41.5 Å². The van der Waals surface area contributed by atoms with Crippen LogP contribution in [0.2, 0.25) is 0 Å². The van der Waals surface area contributed by atoms with Gasteiger partial charge in [-0.25, -0.2) is 4.79 Å². The first-order valence-corrected chi connectivity index (χ1v) is 23.7. The van der Waals surface area contributed by atoms with Gasteiger partial charge in [0.2, 0.25) is 23.6 Å². The summed E-state index contributed by atoms with van der Waals surface area (Å²) in [6, 6.07) is 3.45. The zero-order valence-corrected chi connectivity index (χ0v) is 40.8. The molecule has 64 heavy (non-hydrogen) atoms. The SMILES string of the molecule is CCCCCCCCCCCC(CC(=O)OCc1ccccc1)OC(=O)[C@@H](NC(=O)[C@@H](CC(C)C)NC(=O)[C@H](CC(=O)OC(C)(C)C)NC(=O)[C@@H](NC(=O)[C@@H](C)N)C(C)C)[C@@H](C)CC. The third kappa shape index (κ3) is 24.5. The normalized spacial score (nSPS) is 14.8. The van der Waals surface area contributed by atoms with Crippen LogP contribution in [0.1, 0.15) is 172 Å². The van der Waals surface area contributed by atoms with Crippen LogP contribution >= 0.6 is 0 Å². The third-order valence-electron chi connectivity index (χ3n) is 10.7. The van der Waals surface area contributed by atoms with Crippen molar-refractivity contribution in [3.05, 3.63) is 35.9 Å². The average molecular weight is 902 g/mol. The topological polar surface area (TPSA) is 221 Å². The number of hydrogen-bond donors (Lipinski definition) is 5. The van der Waals surface area contributed by atoms with Gasteiger partial charge in [0.1, 0.15) is 42.5 Å². The molecule has 0 spiro atoms. The van der Waals surface area contributed by atoms with Crippen LogP contribution in [0.3, 0.4) is 0 Å². The van der Waals surface area contributed by atoms with Gasteiger partial charge >= 0.3 is 17.9 Å². The van der Waals surface area contributed by atoms with Crippen molar-refractivity contribution in [3.8, 4) is 0 Å². The van der Waals surface area contributed by atoms with Crippen molar-refractivity contribution < 1.29 is 47.8 Å². The van der Waals surface area contributed by atoms with E-state index in [1.807, 2.05) is 51.1 Å². The number of carbonyl (C=O) groups is 7. The van der Waals surface area contributed by atoms with Gasteiger partial charge in [0.05, 0.1) is 18.9 Å². The van der Waals surface area contributed by atoms with Gasteiger partial charge in [0.25, 0.3) is 0 Å². The van der Waals surface area contributed by atoms with E-state index >= 15 is 0 Å². The number of ether oxygens (including phenoxy) is 3. The Kier molecular flexibility index (Phi) is 27.5. The highest BCUT2D eigenvalue weighted by molar-refractivity contribution is 5.97. The zero-order valence-electron chi connectivity index (χ0n) is 40.8. The Bertz CT molecular complexity index is 1580. The number of hydrogen-bond acceptors (Lipinski definition) is 11. The van der Waals surface area contributed by atoms with Crippen LogP contribution in [0.4, 0.5) is 0 Å². The quantitative estimate of drug-likeness (QED) is 0.0299. The summed E-state index contributed by atoms with van der Waals surface area (Å²) in [5, 5.41) is 10.7. The summed E-state index contributed by atoms with van der Waals surface area (Å²) in [4.78, 5) is 94.6. The number of unbranched alkanes of at least 4 members (excludes halogenated alkanes) is 8. The molecule has 1 aromatic carbocycles. The van der Waals surface area contributed by atoms with Gasteiger partial charge in [-0.1, -0.05) is 137 Å². The maximum absolute atomic E-state index is 14.2. The van der Waals surface area contributed by atoms with E-state index in [0.29, 0.717) is 12.8 Å². The summed E-state index contributed by atoms with van der Waals surface area (Å²) in [6.07, 6.45) is 9.40. The van der Waals surface area contributed by atoms with Crippen molar-refractivity contribution in [1.82, 2.24) is 21.3 Å². The Hall–Kier alpha value is -4.53. The Labute approximate surface area is 383 Å².